The molecule has 4 rings (SSSR count). The second kappa shape index (κ2) is 10.6. The van der Waals surface area contributed by atoms with Crippen molar-refractivity contribution in [1.29, 1.82) is 0 Å². The van der Waals surface area contributed by atoms with Crippen molar-refractivity contribution in [3.63, 3.8) is 0 Å². The number of carbonyl (C=O) groups is 1. The molecular weight excluding hydrogens is 403 g/mol. The van der Waals surface area contributed by atoms with Crippen molar-refractivity contribution in [3.8, 4) is 0 Å². The molecule has 1 saturated heterocycles. The van der Waals surface area contributed by atoms with Gasteiger partial charge in [-0.1, -0.05) is 12.8 Å². The minimum Gasteiger partial charge on any atom is -0.475 e. The van der Waals surface area contributed by atoms with Crippen molar-refractivity contribution in [2.24, 2.45) is 5.92 Å². The van der Waals surface area contributed by atoms with Gasteiger partial charge in [-0.15, -0.1) is 0 Å². The highest BCUT2D eigenvalue weighted by atomic mass is 19.4. The molecule has 1 saturated carbocycles. The lowest BCUT2D eigenvalue weighted by Crippen LogP contribution is -2.33. The summed E-state index contributed by atoms with van der Waals surface area (Å²) in [5, 5.41) is 15.7. The monoisotopic (exact) mass is 433 g/mol. The Morgan fingerprint density at radius 2 is 1.87 bits per heavy atom. The molecule has 1 atom stereocenters. The maximum atomic E-state index is 10.6. The van der Waals surface area contributed by atoms with Gasteiger partial charge in [0.25, 0.3) is 0 Å². The SMILES string of the molecule is O=C(O)C(F)(F)F.c1c2c(nn1CC1CCOCC1)C(CNC1CCCC1)OCC2. The molecule has 1 unspecified atom stereocenters. The molecule has 30 heavy (non-hydrogen) atoms. The molecule has 1 aliphatic carbocycles. The average molecular weight is 433 g/mol. The summed E-state index contributed by atoms with van der Waals surface area (Å²) < 4.78 is 45.4. The molecule has 0 radical (unpaired) electrons. The predicted octanol–water partition coefficient (Wildman–Crippen LogP) is 3.09. The highest BCUT2D eigenvalue weighted by Crippen LogP contribution is 2.27. The minimum absolute atomic E-state index is 0.135. The van der Waals surface area contributed by atoms with Gasteiger partial charge in [-0.05, 0) is 43.6 Å². The van der Waals surface area contributed by atoms with Crippen LogP contribution in [0.4, 0.5) is 13.2 Å². The van der Waals surface area contributed by atoms with Gasteiger partial charge in [0.05, 0.1) is 12.3 Å². The molecule has 1 aromatic rings. The Morgan fingerprint density at radius 1 is 1.20 bits per heavy atom. The fraction of sp³-hybridized carbons (Fsp3) is 0.800. The number of nitrogens with zero attached hydrogens (tertiary/aromatic N) is 2. The molecule has 3 aliphatic rings. The number of alkyl halides is 3. The van der Waals surface area contributed by atoms with Crippen molar-refractivity contribution in [3.05, 3.63) is 17.5 Å². The molecule has 3 heterocycles. The van der Waals surface area contributed by atoms with E-state index in [9.17, 15) is 13.2 Å². The summed E-state index contributed by atoms with van der Waals surface area (Å²) in [6.45, 7) is 4.57. The molecule has 2 fully saturated rings. The molecule has 1 aromatic heterocycles. The molecule has 0 spiro atoms. The van der Waals surface area contributed by atoms with Gasteiger partial charge in [-0.2, -0.15) is 18.3 Å². The van der Waals surface area contributed by atoms with E-state index < -0.39 is 12.1 Å². The van der Waals surface area contributed by atoms with Crippen LogP contribution in [0.25, 0.3) is 0 Å². The molecule has 2 aliphatic heterocycles. The fourth-order valence-electron chi connectivity index (χ4n) is 4.18. The summed E-state index contributed by atoms with van der Waals surface area (Å²) in [6, 6.07) is 0.688. The van der Waals surface area contributed by atoms with E-state index in [0.717, 1.165) is 52.2 Å². The van der Waals surface area contributed by atoms with Crippen molar-refractivity contribution in [2.45, 2.75) is 69.8 Å². The van der Waals surface area contributed by atoms with Crippen LogP contribution >= 0.6 is 0 Å². The smallest absolute Gasteiger partial charge is 0.475 e. The minimum atomic E-state index is -5.08. The zero-order valence-corrected chi connectivity index (χ0v) is 17.0. The third kappa shape index (κ3) is 6.68. The summed E-state index contributed by atoms with van der Waals surface area (Å²) in [7, 11) is 0. The van der Waals surface area contributed by atoms with E-state index >= 15 is 0 Å². The quantitative estimate of drug-likeness (QED) is 0.742. The number of ether oxygens (including phenoxy) is 2. The number of carboxylic acid groups (broad SMARTS) is 1. The van der Waals surface area contributed by atoms with E-state index in [0.29, 0.717) is 12.0 Å². The number of hydrogen-bond acceptors (Lipinski definition) is 5. The molecule has 0 amide bonds. The second-order valence-corrected chi connectivity index (χ2v) is 8.12. The first-order valence-electron chi connectivity index (χ1n) is 10.6. The molecular formula is C20H30F3N3O4. The number of hydrogen-bond donors (Lipinski definition) is 2. The van der Waals surface area contributed by atoms with Crippen molar-refractivity contribution in [2.75, 3.05) is 26.4 Å². The van der Waals surface area contributed by atoms with Gasteiger partial charge in [-0.3, -0.25) is 4.68 Å². The largest absolute Gasteiger partial charge is 0.490 e. The van der Waals surface area contributed by atoms with Gasteiger partial charge in [0.15, 0.2) is 0 Å². The van der Waals surface area contributed by atoms with Crippen LogP contribution in [0.15, 0.2) is 6.20 Å². The number of rotatable bonds is 5. The van der Waals surface area contributed by atoms with Crippen molar-refractivity contribution in [1.82, 2.24) is 15.1 Å². The van der Waals surface area contributed by atoms with E-state index in [1.807, 2.05) is 0 Å². The number of nitrogens with one attached hydrogen (secondary N) is 1. The van der Waals surface area contributed by atoms with E-state index in [2.05, 4.69) is 16.2 Å². The van der Waals surface area contributed by atoms with E-state index in [4.69, 9.17) is 24.5 Å². The zero-order chi connectivity index (χ0) is 21.6. The van der Waals surface area contributed by atoms with E-state index in [-0.39, 0.29) is 6.10 Å². The molecule has 2 N–H and O–H groups in total. The molecule has 0 aromatic carbocycles. The standard InChI is InChI=1S/C18H29N3O2.C2HF3O2/c1-2-4-16(3-1)19-11-17-18-15(7-10-23-17)13-21(20-18)12-14-5-8-22-9-6-14;3-2(4,5)1(6)7/h13-14,16-17,19H,1-12H2;(H,6,7). The number of halogens is 3. The molecule has 7 nitrogen and oxygen atoms in total. The van der Waals surface area contributed by atoms with Crippen molar-refractivity contribution >= 4 is 5.97 Å². The van der Waals surface area contributed by atoms with Crippen LogP contribution in [0.2, 0.25) is 0 Å². The Morgan fingerprint density at radius 3 is 2.50 bits per heavy atom. The van der Waals surface area contributed by atoms with Crippen LogP contribution in [0.3, 0.4) is 0 Å². The van der Waals surface area contributed by atoms with Gasteiger partial charge >= 0.3 is 12.1 Å². The second-order valence-electron chi connectivity index (χ2n) is 8.12. The summed E-state index contributed by atoms with van der Waals surface area (Å²) in [5.74, 6) is -2.05. The third-order valence-electron chi connectivity index (χ3n) is 5.84. The van der Waals surface area contributed by atoms with Crippen LogP contribution in [-0.4, -0.2) is 59.4 Å². The number of fused-ring (bicyclic) bond motifs is 1. The van der Waals surface area contributed by atoms with Crippen LogP contribution in [-0.2, 0) is 27.2 Å². The summed E-state index contributed by atoms with van der Waals surface area (Å²) >= 11 is 0. The van der Waals surface area contributed by atoms with Gasteiger partial charge in [0, 0.05) is 38.5 Å². The Kier molecular flexibility index (Phi) is 8.13. The Hall–Kier alpha value is -1.65. The highest BCUT2D eigenvalue weighted by Gasteiger charge is 2.38. The molecule has 170 valence electrons. The summed E-state index contributed by atoms with van der Waals surface area (Å²) in [4.78, 5) is 8.90. The summed E-state index contributed by atoms with van der Waals surface area (Å²) in [5.41, 5.74) is 2.57. The number of aromatic nitrogens is 2. The van der Waals surface area contributed by atoms with E-state index in [1.165, 1.54) is 36.9 Å². The average Bonchev–Trinajstić information content (AvgIpc) is 3.36. The number of aliphatic carboxylic acids is 1. The number of carboxylic acids is 1. The van der Waals surface area contributed by atoms with Gasteiger partial charge in [0.2, 0.25) is 0 Å². The Bertz CT molecular complexity index is 683. The topological polar surface area (TPSA) is 85.6 Å². The summed E-state index contributed by atoms with van der Waals surface area (Å²) in [6.07, 6.45) is 6.01. The first-order chi connectivity index (χ1) is 14.3. The lowest BCUT2D eigenvalue weighted by Gasteiger charge is -2.24. The van der Waals surface area contributed by atoms with Crippen LogP contribution in [0.1, 0.15) is 55.9 Å². The van der Waals surface area contributed by atoms with Crippen molar-refractivity contribution < 1.29 is 32.5 Å². The lowest BCUT2D eigenvalue weighted by molar-refractivity contribution is -0.192. The Labute approximate surface area is 173 Å². The van der Waals surface area contributed by atoms with Gasteiger partial charge in [0.1, 0.15) is 6.10 Å². The van der Waals surface area contributed by atoms with Gasteiger partial charge in [-0.25, -0.2) is 4.79 Å². The predicted molar refractivity (Wildman–Crippen MR) is 102 cm³/mol. The molecule has 10 heteroatoms. The van der Waals surface area contributed by atoms with Crippen LogP contribution in [0, 0.1) is 5.92 Å². The molecule has 0 bridgehead atoms. The van der Waals surface area contributed by atoms with E-state index in [1.54, 1.807) is 0 Å². The normalized spacial score (nSPS) is 23.0. The fourth-order valence-corrected chi connectivity index (χ4v) is 4.18. The maximum absolute atomic E-state index is 10.6. The van der Waals surface area contributed by atoms with Crippen LogP contribution < -0.4 is 5.32 Å². The third-order valence-corrected chi connectivity index (χ3v) is 5.84. The zero-order valence-electron chi connectivity index (χ0n) is 17.0. The maximum Gasteiger partial charge on any atom is 0.490 e. The van der Waals surface area contributed by atoms with Gasteiger partial charge < -0.3 is 19.9 Å². The lowest BCUT2D eigenvalue weighted by atomic mass is 10.0. The first kappa shape index (κ1) is 23.0. The van der Waals surface area contributed by atoms with Crippen LogP contribution in [0.5, 0.6) is 0 Å². The highest BCUT2D eigenvalue weighted by molar-refractivity contribution is 5.73. The first-order valence-corrected chi connectivity index (χ1v) is 10.6. The Balaban J connectivity index is 0.000000318.